The minimum atomic E-state index is -4.53. The predicted octanol–water partition coefficient (Wildman–Crippen LogP) is 2.85. The summed E-state index contributed by atoms with van der Waals surface area (Å²) in [5, 5.41) is 0.617. The monoisotopic (exact) mass is 241 g/mol. The van der Waals surface area contributed by atoms with E-state index in [-0.39, 0.29) is 5.69 Å². The number of aryl methyl sites for hydroxylation is 1. The maximum Gasteiger partial charge on any atom is 0.435 e. The lowest BCUT2D eigenvalue weighted by atomic mass is 10.1. The molecule has 17 heavy (non-hydrogen) atoms. The lowest BCUT2D eigenvalue weighted by Gasteiger charge is -2.12. The normalized spacial score (nSPS) is 11.8. The van der Waals surface area contributed by atoms with Crippen LogP contribution in [0.4, 0.5) is 18.9 Å². The molecule has 0 amide bonds. The summed E-state index contributed by atoms with van der Waals surface area (Å²) in [6, 6.07) is 6.37. The molecular formula is C11H10F3N3. The Balaban J connectivity index is 2.73. The SMILES string of the molecule is Cc1ccc2nc(C(F)(F)F)c(NN)cc2c1. The van der Waals surface area contributed by atoms with Gasteiger partial charge in [0.1, 0.15) is 0 Å². The summed E-state index contributed by atoms with van der Waals surface area (Å²) in [6.07, 6.45) is -4.53. The van der Waals surface area contributed by atoms with Gasteiger partial charge < -0.3 is 5.43 Å². The van der Waals surface area contributed by atoms with Gasteiger partial charge in [-0.15, -0.1) is 0 Å². The van der Waals surface area contributed by atoms with Crippen molar-refractivity contribution in [3.63, 3.8) is 0 Å². The lowest BCUT2D eigenvalue weighted by Crippen LogP contribution is -2.16. The zero-order valence-electron chi connectivity index (χ0n) is 8.97. The van der Waals surface area contributed by atoms with Gasteiger partial charge >= 0.3 is 6.18 Å². The number of hydrogen-bond donors (Lipinski definition) is 2. The molecule has 1 aromatic heterocycles. The van der Waals surface area contributed by atoms with Gasteiger partial charge in [0, 0.05) is 5.39 Å². The summed E-state index contributed by atoms with van der Waals surface area (Å²) in [4.78, 5) is 3.59. The summed E-state index contributed by atoms with van der Waals surface area (Å²) in [5.41, 5.74) is 2.04. The standard InChI is InChI=1S/C11H10F3N3/c1-6-2-3-8-7(4-6)5-9(17-15)10(16-8)11(12,13)14/h2-5,17H,15H2,1H3. The third-order valence-corrected chi connectivity index (χ3v) is 2.39. The highest BCUT2D eigenvalue weighted by atomic mass is 19.4. The molecule has 0 fully saturated rings. The number of nitrogens with two attached hydrogens (primary N) is 1. The molecule has 3 N–H and O–H groups in total. The quantitative estimate of drug-likeness (QED) is 0.596. The van der Waals surface area contributed by atoms with Gasteiger partial charge in [0.15, 0.2) is 5.69 Å². The van der Waals surface area contributed by atoms with E-state index in [1.807, 2.05) is 12.3 Å². The molecule has 0 saturated carbocycles. The summed E-state index contributed by atoms with van der Waals surface area (Å²) in [7, 11) is 0. The first-order valence-corrected chi connectivity index (χ1v) is 4.87. The molecule has 0 spiro atoms. The van der Waals surface area contributed by atoms with E-state index < -0.39 is 11.9 Å². The predicted molar refractivity (Wildman–Crippen MR) is 59.3 cm³/mol. The average Bonchev–Trinajstić information content (AvgIpc) is 2.25. The number of nitrogens with one attached hydrogen (secondary N) is 1. The van der Waals surface area contributed by atoms with E-state index >= 15 is 0 Å². The van der Waals surface area contributed by atoms with Crippen molar-refractivity contribution in [2.75, 3.05) is 5.43 Å². The Bertz CT molecular complexity index is 564. The van der Waals surface area contributed by atoms with Crippen molar-refractivity contribution >= 4 is 16.6 Å². The first-order chi connectivity index (χ1) is 7.91. The number of aromatic nitrogens is 1. The topological polar surface area (TPSA) is 50.9 Å². The van der Waals surface area contributed by atoms with Gasteiger partial charge in [-0.05, 0) is 25.1 Å². The minimum absolute atomic E-state index is 0.226. The number of fused-ring (bicyclic) bond motifs is 1. The van der Waals surface area contributed by atoms with Gasteiger partial charge in [0.2, 0.25) is 0 Å². The highest BCUT2D eigenvalue weighted by Gasteiger charge is 2.35. The second-order valence-electron chi connectivity index (χ2n) is 3.72. The Hall–Kier alpha value is -1.82. The molecule has 0 radical (unpaired) electrons. The molecule has 0 bridgehead atoms. The Kier molecular flexibility index (Phi) is 2.66. The molecule has 3 nitrogen and oxygen atoms in total. The molecule has 90 valence electrons. The third-order valence-electron chi connectivity index (χ3n) is 2.39. The zero-order valence-corrected chi connectivity index (χ0v) is 8.97. The van der Waals surface area contributed by atoms with Crippen LogP contribution in [0.5, 0.6) is 0 Å². The molecule has 1 aromatic carbocycles. The van der Waals surface area contributed by atoms with Crippen LogP contribution in [0.1, 0.15) is 11.3 Å². The number of halogens is 3. The number of alkyl halides is 3. The molecule has 2 aromatic rings. The summed E-state index contributed by atoms with van der Waals surface area (Å²) in [5.74, 6) is 5.09. The van der Waals surface area contributed by atoms with Gasteiger partial charge in [-0.1, -0.05) is 11.6 Å². The zero-order chi connectivity index (χ0) is 12.6. The van der Waals surface area contributed by atoms with Crippen LogP contribution >= 0.6 is 0 Å². The number of hydrazine groups is 1. The maximum atomic E-state index is 12.7. The van der Waals surface area contributed by atoms with Gasteiger partial charge in [-0.3, -0.25) is 5.84 Å². The number of anilines is 1. The van der Waals surface area contributed by atoms with Gasteiger partial charge in [0.25, 0.3) is 0 Å². The van der Waals surface area contributed by atoms with Crippen LogP contribution in [0.3, 0.4) is 0 Å². The highest BCUT2D eigenvalue weighted by Crippen LogP contribution is 2.34. The Labute approximate surface area is 95.4 Å². The fourth-order valence-corrected chi connectivity index (χ4v) is 1.62. The first kappa shape index (κ1) is 11.7. The Morgan fingerprint density at radius 3 is 2.53 bits per heavy atom. The molecule has 0 aliphatic carbocycles. The molecule has 0 aliphatic heterocycles. The van der Waals surface area contributed by atoms with Crippen molar-refractivity contribution in [3.8, 4) is 0 Å². The largest absolute Gasteiger partial charge is 0.435 e. The highest BCUT2D eigenvalue weighted by molar-refractivity contribution is 5.83. The van der Waals surface area contributed by atoms with E-state index in [0.29, 0.717) is 10.9 Å². The van der Waals surface area contributed by atoms with E-state index in [0.717, 1.165) is 5.56 Å². The smallest absolute Gasteiger partial charge is 0.322 e. The van der Waals surface area contributed by atoms with Crippen molar-refractivity contribution < 1.29 is 13.2 Å². The van der Waals surface area contributed by atoms with Crippen LogP contribution in [-0.2, 0) is 6.18 Å². The van der Waals surface area contributed by atoms with Crippen molar-refractivity contribution in [2.24, 2.45) is 5.84 Å². The fourth-order valence-electron chi connectivity index (χ4n) is 1.62. The lowest BCUT2D eigenvalue weighted by molar-refractivity contribution is -0.140. The van der Waals surface area contributed by atoms with Gasteiger partial charge in [-0.25, -0.2) is 4.98 Å². The molecule has 0 atom stereocenters. The molecule has 0 saturated heterocycles. The first-order valence-electron chi connectivity index (χ1n) is 4.87. The number of nitrogen functional groups attached to an aromatic ring is 1. The van der Waals surface area contributed by atoms with E-state index in [9.17, 15) is 13.2 Å². The number of nitrogens with zero attached hydrogens (tertiary/aromatic N) is 1. The van der Waals surface area contributed by atoms with Crippen LogP contribution in [0, 0.1) is 6.92 Å². The fraction of sp³-hybridized carbons (Fsp3) is 0.182. The maximum absolute atomic E-state index is 12.7. The van der Waals surface area contributed by atoms with E-state index in [4.69, 9.17) is 5.84 Å². The van der Waals surface area contributed by atoms with E-state index in [1.165, 1.54) is 6.07 Å². The van der Waals surface area contributed by atoms with Gasteiger partial charge in [-0.2, -0.15) is 13.2 Å². The minimum Gasteiger partial charge on any atom is -0.322 e. The number of rotatable bonds is 1. The molecule has 0 aliphatic rings. The molecule has 6 heteroatoms. The summed E-state index contributed by atoms with van der Waals surface area (Å²) < 4.78 is 38.1. The summed E-state index contributed by atoms with van der Waals surface area (Å²) in [6.45, 7) is 1.85. The Morgan fingerprint density at radius 1 is 1.24 bits per heavy atom. The van der Waals surface area contributed by atoms with Crippen LogP contribution in [0.2, 0.25) is 0 Å². The van der Waals surface area contributed by atoms with Crippen LogP contribution in [0.25, 0.3) is 10.9 Å². The van der Waals surface area contributed by atoms with Crippen molar-refractivity contribution in [1.29, 1.82) is 0 Å². The molecule has 1 heterocycles. The third kappa shape index (κ3) is 2.16. The van der Waals surface area contributed by atoms with E-state index in [2.05, 4.69) is 4.98 Å². The number of benzene rings is 1. The summed E-state index contributed by atoms with van der Waals surface area (Å²) >= 11 is 0. The van der Waals surface area contributed by atoms with Crippen molar-refractivity contribution in [3.05, 3.63) is 35.5 Å². The van der Waals surface area contributed by atoms with Crippen LogP contribution < -0.4 is 11.3 Å². The van der Waals surface area contributed by atoms with Gasteiger partial charge in [0.05, 0.1) is 11.2 Å². The van der Waals surface area contributed by atoms with Crippen molar-refractivity contribution in [2.45, 2.75) is 13.1 Å². The second kappa shape index (κ2) is 3.89. The molecule has 2 rings (SSSR count). The van der Waals surface area contributed by atoms with Crippen LogP contribution in [-0.4, -0.2) is 4.98 Å². The van der Waals surface area contributed by atoms with Crippen LogP contribution in [0.15, 0.2) is 24.3 Å². The second-order valence-corrected chi connectivity index (χ2v) is 3.72. The van der Waals surface area contributed by atoms with Crippen molar-refractivity contribution in [1.82, 2.24) is 4.98 Å². The molecule has 0 unspecified atom stereocenters. The molecular weight excluding hydrogens is 231 g/mol. The Morgan fingerprint density at radius 2 is 1.94 bits per heavy atom. The number of pyridine rings is 1. The average molecular weight is 241 g/mol. The van der Waals surface area contributed by atoms with E-state index in [1.54, 1.807) is 18.2 Å². The number of hydrogen-bond acceptors (Lipinski definition) is 3.